The van der Waals surface area contributed by atoms with Gasteiger partial charge in [-0.2, -0.15) is 9.40 Å². The van der Waals surface area contributed by atoms with Crippen molar-refractivity contribution in [2.75, 3.05) is 19.6 Å². The molecule has 1 amide bonds. The maximum atomic E-state index is 12.8. The number of carbonyl (C=O) groups is 1. The molecule has 1 aliphatic rings. The van der Waals surface area contributed by atoms with E-state index in [1.807, 2.05) is 26.0 Å². The first-order valence-electron chi connectivity index (χ1n) is 10.9. The van der Waals surface area contributed by atoms with Gasteiger partial charge in [-0.3, -0.25) is 4.79 Å². The number of hydrogen-bond acceptors (Lipinski definition) is 4. The van der Waals surface area contributed by atoms with Gasteiger partial charge < -0.3 is 5.32 Å². The molecule has 1 saturated heterocycles. The van der Waals surface area contributed by atoms with Gasteiger partial charge in [-0.1, -0.05) is 29.8 Å². The van der Waals surface area contributed by atoms with Crippen molar-refractivity contribution in [2.24, 2.45) is 5.92 Å². The summed E-state index contributed by atoms with van der Waals surface area (Å²) < 4.78 is 28.8. The molecule has 0 atom stereocenters. The lowest BCUT2D eigenvalue weighted by Crippen LogP contribution is -2.41. The standard InChI is InChI=1S/C24H27ClN4O3S/c1-17-23(25)18(2)29(27-17)21-10-8-20(9-11-21)24(30)26-16-19-12-14-28(15-13-19)33(31,32)22-6-4-3-5-7-22/h3-11,19H,12-16H2,1-2H3,(H,26,30). The van der Waals surface area contributed by atoms with Gasteiger partial charge in [0, 0.05) is 25.2 Å². The van der Waals surface area contributed by atoms with Crippen LogP contribution in [0.3, 0.4) is 0 Å². The van der Waals surface area contributed by atoms with Crippen molar-refractivity contribution >= 4 is 27.5 Å². The van der Waals surface area contributed by atoms with Crippen LogP contribution in [0.1, 0.15) is 34.6 Å². The van der Waals surface area contributed by atoms with Crippen molar-refractivity contribution in [3.05, 3.63) is 76.6 Å². The van der Waals surface area contributed by atoms with Gasteiger partial charge in [0.15, 0.2) is 0 Å². The monoisotopic (exact) mass is 486 g/mol. The zero-order chi connectivity index (χ0) is 23.6. The molecule has 0 saturated carbocycles. The molecule has 174 valence electrons. The quantitative estimate of drug-likeness (QED) is 0.571. The van der Waals surface area contributed by atoms with Crippen molar-refractivity contribution in [2.45, 2.75) is 31.6 Å². The fraction of sp³-hybridized carbons (Fsp3) is 0.333. The number of benzene rings is 2. The van der Waals surface area contributed by atoms with E-state index in [4.69, 9.17) is 11.6 Å². The molecule has 1 aromatic heterocycles. The van der Waals surface area contributed by atoms with Crippen molar-refractivity contribution in [1.29, 1.82) is 0 Å². The van der Waals surface area contributed by atoms with E-state index in [1.54, 1.807) is 47.1 Å². The number of carbonyl (C=O) groups excluding carboxylic acids is 1. The molecule has 1 aliphatic heterocycles. The molecule has 1 N–H and O–H groups in total. The molecule has 0 aliphatic carbocycles. The summed E-state index contributed by atoms with van der Waals surface area (Å²) in [6.07, 6.45) is 1.42. The third-order valence-corrected chi connectivity index (χ3v) is 8.54. The van der Waals surface area contributed by atoms with Gasteiger partial charge in [0.1, 0.15) is 0 Å². The zero-order valence-corrected chi connectivity index (χ0v) is 20.2. The highest BCUT2D eigenvalue weighted by Crippen LogP contribution is 2.24. The predicted octanol–water partition coefficient (Wildman–Crippen LogP) is 3.97. The minimum Gasteiger partial charge on any atom is -0.352 e. The Morgan fingerprint density at radius 1 is 1.06 bits per heavy atom. The van der Waals surface area contributed by atoms with Crippen molar-refractivity contribution in [3.63, 3.8) is 0 Å². The van der Waals surface area contributed by atoms with Crippen LogP contribution in [0.2, 0.25) is 5.02 Å². The first kappa shape index (κ1) is 23.5. The molecule has 7 nitrogen and oxygen atoms in total. The Kier molecular flexibility index (Phi) is 6.88. The fourth-order valence-electron chi connectivity index (χ4n) is 4.06. The Morgan fingerprint density at radius 2 is 1.70 bits per heavy atom. The van der Waals surface area contributed by atoms with Crippen LogP contribution >= 0.6 is 11.6 Å². The summed E-state index contributed by atoms with van der Waals surface area (Å²) >= 11 is 6.23. The van der Waals surface area contributed by atoms with Crippen LogP contribution < -0.4 is 5.32 Å². The highest BCUT2D eigenvalue weighted by molar-refractivity contribution is 7.89. The number of aryl methyl sites for hydroxylation is 1. The topological polar surface area (TPSA) is 84.3 Å². The molecule has 1 fully saturated rings. The van der Waals surface area contributed by atoms with Crippen LogP contribution in [0.25, 0.3) is 5.69 Å². The normalized spacial score (nSPS) is 15.5. The molecule has 4 rings (SSSR count). The Labute approximate surface area is 199 Å². The number of piperidine rings is 1. The first-order chi connectivity index (χ1) is 15.8. The lowest BCUT2D eigenvalue weighted by atomic mass is 9.98. The van der Waals surface area contributed by atoms with E-state index in [-0.39, 0.29) is 11.8 Å². The van der Waals surface area contributed by atoms with Gasteiger partial charge in [0.2, 0.25) is 10.0 Å². The molecular formula is C24H27ClN4O3S. The third kappa shape index (κ3) is 4.98. The lowest BCUT2D eigenvalue weighted by Gasteiger charge is -2.31. The molecule has 33 heavy (non-hydrogen) atoms. The summed E-state index contributed by atoms with van der Waals surface area (Å²) in [6.45, 7) is 5.19. The summed E-state index contributed by atoms with van der Waals surface area (Å²) in [7, 11) is -3.46. The van der Waals surface area contributed by atoms with Crippen molar-refractivity contribution < 1.29 is 13.2 Å². The molecule has 0 unspecified atom stereocenters. The Hall–Kier alpha value is -2.68. The number of hydrogen-bond donors (Lipinski definition) is 1. The second kappa shape index (κ2) is 9.67. The van der Waals surface area contributed by atoms with Crippen LogP contribution in [-0.2, 0) is 10.0 Å². The van der Waals surface area contributed by atoms with Crippen molar-refractivity contribution in [3.8, 4) is 5.69 Å². The second-order valence-corrected chi connectivity index (χ2v) is 10.6. The third-order valence-electron chi connectivity index (χ3n) is 6.08. The second-order valence-electron chi connectivity index (χ2n) is 8.31. The van der Waals surface area contributed by atoms with Gasteiger partial charge in [-0.15, -0.1) is 0 Å². The first-order valence-corrected chi connectivity index (χ1v) is 12.7. The van der Waals surface area contributed by atoms with Crippen LogP contribution in [0.15, 0.2) is 59.5 Å². The summed E-state index contributed by atoms with van der Waals surface area (Å²) in [5, 5.41) is 8.06. The number of rotatable bonds is 6. The minimum atomic E-state index is -3.46. The molecule has 0 radical (unpaired) electrons. The van der Waals surface area contributed by atoms with Crippen LogP contribution in [0, 0.1) is 19.8 Å². The van der Waals surface area contributed by atoms with Gasteiger partial charge >= 0.3 is 0 Å². The highest BCUT2D eigenvalue weighted by atomic mass is 35.5. The van der Waals surface area contributed by atoms with E-state index in [0.717, 1.165) is 17.1 Å². The van der Waals surface area contributed by atoms with Gasteiger partial charge in [-0.05, 0) is 69.0 Å². The summed E-state index contributed by atoms with van der Waals surface area (Å²) in [5.74, 6) is 0.0968. The summed E-state index contributed by atoms with van der Waals surface area (Å²) in [6, 6.07) is 15.7. The number of aromatic nitrogens is 2. The number of nitrogens with one attached hydrogen (secondary N) is 1. The summed E-state index contributed by atoms with van der Waals surface area (Å²) in [5.41, 5.74) is 3.02. The van der Waals surface area contributed by atoms with E-state index in [2.05, 4.69) is 10.4 Å². The average Bonchev–Trinajstić information content (AvgIpc) is 3.10. The van der Waals surface area contributed by atoms with E-state index >= 15 is 0 Å². The highest BCUT2D eigenvalue weighted by Gasteiger charge is 2.29. The van der Waals surface area contributed by atoms with Crippen LogP contribution in [0.4, 0.5) is 0 Å². The largest absolute Gasteiger partial charge is 0.352 e. The van der Waals surface area contributed by atoms with Gasteiger partial charge in [0.25, 0.3) is 5.91 Å². The number of nitrogens with zero attached hydrogens (tertiary/aromatic N) is 3. The number of sulfonamides is 1. The van der Waals surface area contributed by atoms with Crippen LogP contribution in [0.5, 0.6) is 0 Å². The van der Waals surface area contributed by atoms with E-state index < -0.39 is 10.0 Å². The zero-order valence-electron chi connectivity index (χ0n) is 18.7. The van der Waals surface area contributed by atoms with Gasteiger partial charge in [0.05, 0.1) is 27.0 Å². The van der Waals surface area contributed by atoms with Crippen molar-refractivity contribution in [1.82, 2.24) is 19.4 Å². The molecule has 0 spiro atoms. The average molecular weight is 487 g/mol. The molecule has 2 aromatic carbocycles. The maximum absolute atomic E-state index is 12.8. The molecule has 9 heteroatoms. The predicted molar refractivity (Wildman–Crippen MR) is 128 cm³/mol. The Balaban J connectivity index is 1.30. The Bertz CT molecular complexity index is 1230. The smallest absolute Gasteiger partial charge is 0.251 e. The lowest BCUT2D eigenvalue weighted by molar-refractivity contribution is 0.0941. The van der Waals surface area contributed by atoms with E-state index in [9.17, 15) is 13.2 Å². The maximum Gasteiger partial charge on any atom is 0.251 e. The summed E-state index contributed by atoms with van der Waals surface area (Å²) in [4.78, 5) is 12.9. The van der Waals surface area contributed by atoms with E-state index in [0.29, 0.717) is 48.0 Å². The van der Waals surface area contributed by atoms with Gasteiger partial charge in [-0.25, -0.2) is 13.1 Å². The molecule has 2 heterocycles. The Morgan fingerprint density at radius 3 is 2.27 bits per heavy atom. The van der Waals surface area contributed by atoms with E-state index in [1.165, 1.54) is 4.31 Å². The molecular weight excluding hydrogens is 460 g/mol. The molecule has 3 aromatic rings. The number of amides is 1. The minimum absolute atomic E-state index is 0.146. The van der Waals surface area contributed by atoms with Crippen LogP contribution in [-0.4, -0.2) is 48.0 Å². The number of halogens is 1. The fourth-order valence-corrected chi connectivity index (χ4v) is 5.67. The molecule has 0 bridgehead atoms. The SMILES string of the molecule is Cc1nn(-c2ccc(C(=O)NCC3CCN(S(=O)(=O)c4ccccc4)CC3)cc2)c(C)c1Cl.